The lowest BCUT2D eigenvalue weighted by Gasteiger charge is -2.27. The average Bonchev–Trinajstić information content (AvgIpc) is 2.86. The average molecular weight is 519 g/mol. The van der Waals surface area contributed by atoms with E-state index in [-0.39, 0.29) is 18.0 Å². The maximum Gasteiger partial charge on any atom is 0.414 e. The molecule has 3 aromatic carbocycles. The van der Waals surface area contributed by atoms with Crippen molar-refractivity contribution >= 4 is 32.8 Å². The molecule has 0 fully saturated rings. The first kappa shape index (κ1) is 26.3. The first-order chi connectivity index (χ1) is 17.5. The minimum atomic E-state index is -3.96. The molecular weight excluding hydrogens is 488 g/mol. The summed E-state index contributed by atoms with van der Waals surface area (Å²) < 4.78 is 36.0. The topological polar surface area (TPSA) is 85.8 Å². The normalized spacial score (nSPS) is 11.9. The van der Waals surface area contributed by atoms with Gasteiger partial charge >= 0.3 is 6.09 Å². The van der Waals surface area contributed by atoms with Gasteiger partial charge in [-0.05, 0) is 64.1 Å². The lowest BCUT2D eigenvalue weighted by Crippen LogP contribution is -2.39. The van der Waals surface area contributed by atoms with Gasteiger partial charge in [-0.1, -0.05) is 54.1 Å². The summed E-state index contributed by atoms with van der Waals surface area (Å²) in [5, 5.41) is 1.06. The van der Waals surface area contributed by atoms with Gasteiger partial charge in [0.15, 0.2) is 0 Å². The molecule has 0 N–H and O–H groups in total. The quantitative estimate of drug-likeness (QED) is 0.265. The van der Waals surface area contributed by atoms with E-state index in [9.17, 15) is 13.2 Å². The van der Waals surface area contributed by atoms with Gasteiger partial charge in [0.1, 0.15) is 5.60 Å². The smallest absolute Gasteiger partial charge is 0.414 e. The van der Waals surface area contributed by atoms with Crippen molar-refractivity contribution in [2.24, 2.45) is 0 Å². The number of carbonyl (C=O) groups excluding carboxylic acids is 1. The summed E-state index contributed by atoms with van der Waals surface area (Å²) in [7, 11) is -3.96. The summed E-state index contributed by atoms with van der Waals surface area (Å²) in [5.74, 6) is 0. The number of amides is 1. The van der Waals surface area contributed by atoms with Gasteiger partial charge in [0.25, 0.3) is 10.1 Å². The molecule has 0 atom stereocenters. The molecule has 0 aliphatic heterocycles. The minimum absolute atomic E-state index is 0.0203. The Hall–Kier alpha value is -3.75. The second-order valence-electron chi connectivity index (χ2n) is 9.66. The van der Waals surface area contributed by atoms with Crippen molar-refractivity contribution < 1.29 is 22.1 Å². The molecule has 0 aliphatic carbocycles. The Morgan fingerprint density at radius 3 is 2.24 bits per heavy atom. The zero-order chi connectivity index (χ0) is 26.6. The van der Waals surface area contributed by atoms with E-state index >= 15 is 0 Å². The van der Waals surface area contributed by atoms with E-state index in [1.165, 1.54) is 17.0 Å². The van der Waals surface area contributed by atoms with Crippen LogP contribution in [0.4, 0.5) is 10.5 Å². The lowest BCUT2D eigenvalue weighted by atomic mass is 10.1. The minimum Gasteiger partial charge on any atom is -0.443 e. The second-order valence-corrected chi connectivity index (χ2v) is 11.3. The van der Waals surface area contributed by atoms with E-state index in [4.69, 9.17) is 13.9 Å². The van der Waals surface area contributed by atoms with E-state index in [0.29, 0.717) is 5.69 Å². The van der Waals surface area contributed by atoms with E-state index in [1.807, 2.05) is 55.5 Å². The van der Waals surface area contributed by atoms with Crippen LogP contribution in [0.3, 0.4) is 0 Å². The van der Waals surface area contributed by atoms with Crippen LogP contribution >= 0.6 is 0 Å². The molecule has 1 aromatic heterocycles. The largest absolute Gasteiger partial charge is 0.443 e. The standard InChI is InChI=1S/C29H30N2O5S/c1-21-9-16-25(17-10-21)37(33,34)35-20-19-31(28(32)36-29(2,3)4)24-14-11-23(12-15-24)27-18-13-22-7-5-6-8-26(22)30-27/h5-18H,19-20H2,1-4H3. The van der Waals surface area contributed by atoms with Crippen LogP contribution in [0.5, 0.6) is 0 Å². The van der Waals surface area contributed by atoms with Crippen LogP contribution in [0.15, 0.2) is 89.8 Å². The number of hydrogen-bond donors (Lipinski definition) is 0. The van der Waals surface area contributed by atoms with Crippen LogP contribution in [0.2, 0.25) is 0 Å². The highest BCUT2D eigenvalue weighted by molar-refractivity contribution is 7.86. The molecule has 4 rings (SSSR count). The van der Waals surface area contributed by atoms with Crippen LogP contribution < -0.4 is 4.90 Å². The van der Waals surface area contributed by atoms with E-state index in [1.54, 1.807) is 45.0 Å². The van der Waals surface area contributed by atoms with Crippen molar-refractivity contribution in [2.75, 3.05) is 18.1 Å². The molecule has 1 heterocycles. The zero-order valence-electron chi connectivity index (χ0n) is 21.3. The van der Waals surface area contributed by atoms with Crippen LogP contribution in [-0.2, 0) is 19.0 Å². The Bertz CT molecular complexity index is 1490. The molecule has 0 unspecified atom stereocenters. The summed E-state index contributed by atoms with van der Waals surface area (Å²) in [6, 6.07) is 25.6. The van der Waals surface area contributed by atoms with Gasteiger partial charge in [0.05, 0.1) is 29.3 Å². The Morgan fingerprint density at radius 2 is 1.57 bits per heavy atom. The molecule has 37 heavy (non-hydrogen) atoms. The molecule has 0 saturated carbocycles. The fourth-order valence-electron chi connectivity index (χ4n) is 3.69. The lowest BCUT2D eigenvalue weighted by molar-refractivity contribution is 0.0575. The third-order valence-corrected chi connectivity index (χ3v) is 6.88. The number of anilines is 1. The summed E-state index contributed by atoms with van der Waals surface area (Å²) >= 11 is 0. The fraction of sp³-hybridized carbons (Fsp3) is 0.241. The number of aromatic nitrogens is 1. The van der Waals surface area contributed by atoms with Crippen molar-refractivity contribution in [3.8, 4) is 11.3 Å². The number of pyridine rings is 1. The van der Waals surface area contributed by atoms with Gasteiger partial charge in [0.2, 0.25) is 0 Å². The maximum atomic E-state index is 13.0. The third kappa shape index (κ3) is 6.72. The van der Waals surface area contributed by atoms with Gasteiger partial charge in [-0.3, -0.25) is 9.08 Å². The SMILES string of the molecule is Cc1ccc(S(=O)(=O)OCCN(C(=O)OC(C)(C)C)c2ccc(-c3ccc4ccccc4n3)cc2)cc1. The number of aryl methyl sites for hydroxylation is 1. The van der Waals surface area contributed by atoms with Crippen molar-refractivity contribution in [1.29, 1.82) is 0 Å². The maximum absolute atomic E-state index is 13.0. The van der Waals surface area contributed by atoms with Crippen molar-refractivity contribution in [3.63, 3.8) is 0 Å². The van der Waals surface area contributed by atoms with Crippen LogP contribution in [0.1, 0.15) is 26.3 Å². The highest BCUT2D eigenvalue weighted by Crippen LogP contribution is 2.25. The number of nitrogens with zero attached hydrogens (tertiary/aromatic N) is 2. The van der Waals surface area contributed by atoms with Crippen molar-refractivity contribution in [2.45, 2.75) is 38.2 Å². The first-order valence-electron chi connectivity index (χ1n) is 11.9. The molecule has 0 radical (unpaired) electrons. The number of fused-ring (bicyclic) bond motifs is 1. The second kappa shape index (κ2) is 10.7. The van der Waals surface area contributed by atoms with E-state index in [2.05, 4.69) is 0 Å². The summed E-state index contributed by atoms with van der Waals surface area (Å²) in [4.78, 5) is 19.2. The number of rotatable bonds is 7. The third-order valence-electron chi connectivity index (χ3n) is 5.55. The van der Waals surface area contributed by atoms with Crippen LogP contribution in [-0.4, -0.2) is 38.2 Å². The Balaban J connectivity index is 1.53. The molecule has 4 aromatic rings. The number of ether oxygens (including phenoxy) is 1. The van der Waals surface area contributed by atoms with Crippen LogP contribution in [0, 0.1) is 6.92 Å². The van der Waals surface area contributed by atoms with E-state index < -0.39 is 21.8 Å². The van der Waals surface area contributed by atoms with Gasteiger partial charge in [0, 0.05) is 16.6 Å². The van der Waals surface area contributed by atoms with Crippen molar-refractivity contribution in [1.82, 2.24) is 4.98 Å². The van der Waals surface area contributed by atoms with Gasteiger partial charge in [-0.2, -0.15) is 8.42 Å². The predicted molar refractivity (Wildman–Crippen MR) is 145 cm³/mol. The predicted octanol–water partition coefficient (Wildman–Crippen LogP) is 6.36. The number of carbonyl (C=O) groups is 1. The molecule has 192 valence electrons. The van der Waals surface area contributed by atoms with Gasteiger partial charge in [-0.15, -0.1) is 0 Å². The number of para-hydroxylation sites is 1. The first-order valence-corrected chi connectivity index (χ1v) is 13.4. The highest BCUT2D eigenvalue weighted by Gasteiger charge is 2.24. The fourth-order valence-corrected chi connectivity index (χ4v) is 4.59. The molecule has 1 amide bonds. The zero-order valence-corrected chi connectivity index (χ0v) is 22.2. The summed E-state index contributed by atoms with van der Waals surface area (Å²) in [6.45, 7) is 6.94. The molecule has 7 nitrogen and oxygen atoms in total. The monoisotopic (exact) mass is 518 g/mol. The molecule has 0 saturated heterocycles. The summed E-state index contributed by atoms with van der Waals surface area (Å²) in [6.07, 6.45) is -0.597. The highest BCUT2D eigenvalue weighted by atomic mass is 32.2. The Kier molecular flexibility index (Phi) is 7.61. The molecule has 0 bridgehead atoms. The van der Waals surface area contributed by atoms with Crippen molar-refractivity contribution in [3.05, 3.63) is 90.5 Å². The Morgan fingerprint density at radius 1 is 0.892 bits per heavy atom. The molecule has 8 heteroatoms. The van der Waals surface area contributed by atoms with E-state index in [0.717, 1.165) is 27.7 Å². The number of benzene rings is 3. The summed E-state index contributed by atoms with van der Waals surface area (Å²) in [5.41, 5.74) is 3.36. The molecule has 0 spiro atoms. The van der Waals surface area contributed by atoms with Gasteiger partial charge < -0.3 is 4.74 Å². The Labute approximate surface area is 217 Å². The number of hydrogen-bond acceptors (Lipinski definition) is 6. The molecule has 0 aliphatic rings. The van der Waals surface area contributed by atoms with Gasteiger partial charge in [-0.25, -0.2) is 9.78 Å². The van der Waals surface area contributed by atoms with Crippen LogP contribution in [0.25, 0.3) is 22.2 Å². The molecular formula is C29H30N2O5S.